The minimum atomic E-state index is -0.891. The summed E-state index contributed by atoms with van der Waals surface area (Å²) in [5, 5.41) is 13.4. The summed E-state index contributed by atoms with van der Waals surface area (Å²) in [6.07, 6.45) is 7.09. The Bertz CT molecular complexity index is 835. The van der Waals surface area contributed by atoms with Gasteiger partial charge >= 0.3 is 5.69 Å². The fraction of sp³-hybridized carbons (Fsp3) is 0.474. The van der Waals surface area contributed by atoms with E-state index in [1.54, 1.807) is 31.3 Å². The number of H-pyrrole nitrogens is 1. The summed E-state index contributed by atoms with van der Waals surface area (Å²) < 4.78 is 1.42. The standard InChI is InChI=1S/C19H24ClN3O3/c1-12-11-23(19(26)21-12)14-8-9-16(20)15(10-14)18(25)22-17(24)13-6-4-2-3-5-7-13/h8-11,13,17,24H,2-7H2,1H3,(H,21,26)(H,22,25). The van der Waals surface area contributed by atoms with E-state index in [9.17, 15) is 14.7 Å². The molecule has 1 saturated carbocycles. The Morgan fingerprint density at radius 2 is 2.00 bits per heavy atom. The van der Waals surface area contributed by atoms with Crippen LogP contribution in [0.15, 0.2) is 29.2 Å². The van der Waals surface area contributed by atoms with E-state index in [1.807, 2.05) is 0 Å². The Balaban J connectivity index is 1.79. The number of amides is 1. The molecule has 2 aromatic rings. The lowest BCUT2D eigenvalue weighted by atomic mass is 9.98. The molecule has 140 valence electrons. The molecular weight excluding hydrogens is 354 g/mol. The number of aromatic amines is 1. The summed E-state index contributed by atoms with van der Waals surface area (Å²) >= 11 is 6.18. The predicted molar refractivity (Wildman–Crippen MR) is 101 cm³/mol. The largest absolute Gasteiger partial charge is 0.373 e. The van der Waals surface area contributed by atoms with Gasteiger partial charge in [0.2, 0.25) is 0 Å². The van der Waals surface area contributed by atoms with Crippen molar-refractivity contribution in [2.24, 2.45) is 5.92 Å². The highest BCUT2D eigenvalue weighted by molar-refractivity contribution is 6.33. The van der Waals surface area contributed by atoms with Crippen molar-refractivity contribution in [1.29, 1.82) is 0 Å². The molecule has 0 saturated heterocycles. The molecule has 1 heterocycles. The zero-order valence-electron chi connectivity index (χ0n) is 14.8. The highest BCUT2D eigenvalue weighted by Crippen LogP contribution is 2.25. The monoisotopic (exact) mass is 377 g/mol. The third kappa shape index (κ3) is 4.19. The molecule has 7 heteroatoms. The molecule has 1 atom stereocenters. The highest BCUT2D eigenvalue weighted by atomic mass is 35.5. The van der Waals surface area contributed by atoms with E-state index < -0.39 is 12.1 Å². The van der Waals surface area contributed by atoms with Crippen LogP contribution in [-0.4, -0.2) is 26.8 Å². The fourth-order valence-corrected chi connectivity index (χ4v) is 3.70. The Hall–Kier alpha value is -2.05. The van der Waals surface area contributed by atoms with E-state index in [4.69, 9.17) is 11.6 Å². The summed E-state index contributed by atoms with van der Waals surface area (Å²) in [5.41, 5.74) is 1.22. The number of aryl methyl sites for hydroxylation is 1. The second-order valence-corrected chi connectivity index (χ2v) is 7.35. The summed E-state index contributed by atoms with van der Waals surface area (Å²) in [6, 6.07) is 4.82. The molecule has 0 bridgehead atoms. The van der Waals surface area contributed by atoms with E-state index >= 15 is 0 Å². The molecule has 26 heavy (non-hydrogen) atoms. The van der Waals surface area contributed by atoms with Crippen molar-refractivity contribution in [1.82, 2.24) is 14.9 Å². The van der Waals surface area contributed by atoms with Crippen molar-refractivity contribution in [3.63, 3.8) is 0 Å². The third-order valence-corrected chi connectivity index (χ3v) is 5.27. The maximum absolute atomic E-state index is 12.6. The van der Waals surface area contributed by atoms with Crippen LogP contribution in [0.1, 0.15) is 54.6 Å². The van der Waals surface area contributed by atoms with Crippen molar-refractivity contribution in [2.75, 3.05) is 0 Å². The number of aromatic nitrogens is 2. The van der Waals surface area contributed by atoms with Crippen molar-refractivity contribution < 1.29 is 9.90 Å². The van der Waals surface area contributed by atoms with Gasteiger partial charge < -0.3 is 15.4 Å². The van der Waals surface area contributed by atoms with Crippen molar-refractivity contribution in [3.05, 3.63) is 51.2 Å². The third-order valence-electron chi connectivity index (χ3n) is 4.94. The number of aliphatic hydroxyl groups excluding tert-OH is 1. The zero-order valence-corrected chi connectivity index (χ0v) is 15.6. The quantitative estimate of drug-likeness (QED) is 0.565. The smallest absolute Gasteiger partial charge is 0.330 e. The number of halogens is 1. The predicted octanol–water partition coefficient (Wildman–Crippen LogP) is 3.15. The van der Waals surface area contributed by atoms with Crippen LogP contribution in [0, 0.1) is 12.8 Å². The van der Waals surface area contributed by atoms with Gasteiger partial charge in [0.1, 0.15) is 6.23 Å². The van der Waals surface area contributed by atoms with E-state index in [0.717, 1.165) is 31.4 Å². The topological polar surface area (TPSA) is 87.1 Å². The van der Waals surface area contributed by atoms with Crippen molar-refractivity contribution in [3.8, 4) is 5.69 Å². The molecule has 0 radical (unpaired) electrons. The Morgan fingerprint density at radius 1 is 1.31 bits per heavy atom. The number of nitrogens with one attached hydrogen (secondary N) is 2. The molecular formula is C19H24ClN3O3. The second-order valence-electron chi connectivity index (χ2n) is 6.95. The lowest BCUT2D eigenvalue weighted by Gasteiger charge is -2.22. The lowest BCUT2D eigenvalue weighted by molar-refractivity contribution is 0.0532. The molecule has 1 unspecified atom stereocenters. The van der Waals surface area contributed by atoms with Gasteiger partial charge in [0.15, 0.2) is 0 Å². The number of carbonyl (C=O) groups excluding carboxylic acids is 1. The summed E-state index contributed by atoms with van der Waals surface area (Å²) in [4.78, 5) is 27.3. The Kier molecular flexibility index (Phi) is 5.84. The van der Waals surface area contributed by atoms with Crippen LogP contribution < -0.4 is 11.0 Å². The highest BCUT2D eigenvalue weighted by Gasteiger charge is 2.23. The first-order valence-corrected chi connectivity index (χ1v) is 9.40. The summed E-state index contributed by atoms with van der Waals surface area (Å²) in [5.74, 6) is -0.368. The van der Waals surface area contributed by atoms with Crippen molar-refractivity contribution in [2.45, 2.75) is 51.7 Å². The number of imidazole rings is 1. The van der Waals surface area contributed by atoms with E-state index in [2.05, 4.69) is 10.3 Å². The van der Waals surface area contributed by atoms with Gasteiger partial charge in [-0.05, 0) is 38.0 Å². The van der Waals surface area contributed by atoms with Crippen LogP contribution in [0.4, 0.5) is 0 Å². The summed E-state index contributed by atoms with van der Waals surface area (Å²) in [7, 11) is 0. The molecule has 1 aliphatic carbocycles. The van der Waals surface area contributed by atoms with Crippen LogP contribution >= 0.6 is 11.6 Å². The number of benzene rings is 1. The van der Waals surface area contributed by atoms with Gasteiger partial charge in [0.05, 0.1) is 16.3 Å². The first kappa shape index (κ1) is 18.7. The van der Waals surface area contributed by atoms with Gasteiger partial charge in [-0.25, -0.2) is 4.79 Å². The first-order chi connectivity index (χ1) is 12.5. The number of hydrogen-bond donors (Lipinski definition) is 3. The van der Waals surface area contributed by atoms with Gasteiger partial charge in [0, 0.05) is 17.8 Å². The fourth-order valence-electron chi connectivity index (χ4n) is 3.50. The number of carbonyl (C=O) groups is 1. The van der Waals surface area contributed by atoms with E-state index in [-0.39, 0.29) is 22.2 Å². The minimum absolute atomic E-state index is 0.0679. The molecule has 3 N–H and O–H groups in total. The van der Waals surface area contributed by atoms with Crippen molar-refractivity contribution >= 4 is 17.5 Å². The number of hydrogen-bond acceptors (Lipinski definition) is 3. The minimum Gasteiger partial charge on any atom is -0.373 e. The SMILES string of the molecule is Cc1cn(-c2ccc(Cl)c(C(=O)NC(O)C3CCCCCC3)c2)c(=O)[nH]1. The molecule has 1 amide bonds. The average Bonchev–Trinajstić information content (AvgIpc) is 2.80. The van der Waals surface area contributed by atoms with Crippen LogP contribution in [0.5, 0.6) is 0 Å². The Morgan fingerprint density at radius 3 is 2.62 bits per heavy atom. The molecule has 0 aliphatic heterocycles. The van der Waals surface area contributed by atoms with Gasteiger partial charge in [-0.3, -0.25) is 9.36 Å². The van der Waals surface area contributed by atoms with Crippen LogP contribution in [-0.2, 0) is 0 Å². The maximum atomic E-state index is 12.6. The molecule has 1 aromatic carbocycles. The molecule has 1 aromatic heterocycles. The number of aliphatic hydroxyl groups is 1. The van der Waals surface area contributed by atoms with Gasteiger partial charge in [-0.1, -0.05) is 37.3 Å². The molecule has 6 nitrogen and oxygen atoms in total. The molecule has 0 spiro atoms. The number of rotatable bonds is 4. The van der Waals surface area contributed by atoms with Crippen LogP contribution in [0.3, 0.4) is 0 Å². The van der Waals surface area contributed by atoms with Crippen LogP contribution in [0.25, 0.3) is 5.69 Å². The Labute approximate surface area is 157 Å². The maximum Gasteiger partial charge on any atom is 0.330 e. The number of nitrogens with zero attached hydrogens (tertiary/aromatic N) is 1. The average molecular weight is 378 g/mol. The van der Waals surface area contributed by atoms with Gasteiger partial charge in [0.25, 0.3) is 5.91 Å². The van der Waals surface area contributed by atoms with Gasteiger partial charge in [-0.2, -0.15) is 0 Å². The zero-order chi connectivity index (χ0) is 18.7. The van der Waals surface area contributed by atoms with Gasteiger partial charge in [-0.15, -0.1) is 0 Å². The van der Waals surface area contributed by atoms with Crippen LogP contribution in [0.2, 0.25) is 5.02 Å². The molecule has 1 aliphatic rings. The first-order valence-electron chi connectivity index (χ1n) is 9.03. The second kappa shape index (κ2) is 8.10. The van der Waals surface area contributed by atoms with E-state index in [0.29, 0.717) is 5.69 Å². The van der Waals surface area contributed by atoms with E-state index in [1.165, 1.54) is 17.4 Å². The summed E-state index contributed by atoms with van der Waals surface area (Å²) in [6.45, 7) is 1.78. The molecule has 3 rings (SSSR count). The normalized spacial score (nSPS) is 16.9. The lowest BCUT2D eigenvalue weighted by Crippen LogP contribution is -2.40. The molecule has 1 fully saturated rings.